The summed E-state index contributed by atoms with van der Waals surface area (Å²) in [6.45, 7) is 1.01. The molecule has 0 saturated carbocycles. The molecule has 1 amide bonds. The van der Waals surface area contributed by atoms with Gasteiger partial charge in [0.15, 0.2) is 0 Å². The maximum Gasteiger partial charge on any atom is 0.252 e. The van der Waals surface area contributed by atoms with Gasteiger partial charge in [0.05, 0.1) is 12.2 Å². The van der Waals surface area contributed by atoms with Crippen molar-refractivity contribution in [2.24, 2.45) is 0 Å². The fourth-order valence-corrected chi connectivity index (χ4v) is 1.35. The Bertz CT molecular complexity index is 317. The molecule has 0 saturated heterocycles. The number of pyridine rings is 1. The van der Waals surface area contributed by atoms with Crippen LogP contribution in [0.3, 0.4) is 0 Å². The Hall–Kier alpha value is -0.940. The average Bonchev–Trinajstić information content (AvgIpc) is 2.18. The highest BCUT2D eigenvalue weighted by molar-refractivity contribution is 9.10. The molecule has 1 aromatic rings. The van der Waals surface area contributed by atoms with Crippen LogP contribution in [0.2, 0.25) is 0 Å². The minimum atomic E-state index is -0.128. The second kappa shape index (κ2) is 5.72. The molecule has 14 heavy (non-hydrogen) atoms. The highest BCUT2D eigenvalue weighted by Crippen LogP contribution is 2.13. The molecular weight excluding hydrogens is 248 g/mol. The SMILES string of the molecule is COCCNC(=O)c1ccncc1Br. The Morgan fingerprint density at radius 1 is 1.71 bits per heavy atom. The van der Waals surface area contributed by atoms with Crippen LogP contribution in [0, 0.1) is 0 Å². The Labute approximate surface area is 90.8 Å². The number of nitrogens with one attached hydrogen (secondary N) is 1. The van der Waals surface area contributed by atoms with E-state index >= 15 is 0 Å². The zero-order chi connectivity index (χ0) is 10.4. The van der Waals surface area contributed by atoms with Crippen LogP contribution < -0.4 is 5.32 Å². The van der Waals surface area contributed by atoms with E-state index < -0.39 is 0 Å². The molecule has 76 valence electrons. The Balaban J connectivity index is 2.56. The van der Waals surface area contributed by atoms with Crippen LogP contribution in [0.1, 0.15) is 10.4 Å². The minimum Gasteiger partial charge on any atom is -0.383 e. The van der Waals surface area contributed by atoms with E-state index in [0.717, 1.165) is 0 Å². The molecule has 0 atom stereocenters. The predicted octanol–water partition coefficient (Wildman–Crippen LogP) is 1.22. The Kier molecular flexibility index (Phi) is 4.55. The summed E-state index contributed by atoms with van der Waals surface area (Å²) in [6, 6.07) is 1.66. The fourth-order valence-electron chi connectivity index (χ4n) is 0.921. The molecule has 0 aromatic carbocycles. The second-order valence-electron chi connectivity index (χ2n) is 2.60. The van der Waals surface area contributed by atoms with Gasteiger partial charge in [-0.05, 0) is 22.0 Å². The highest BCUT2D eigenvalue weighted by Gasteiger charge is 2.07. The summed E-state index contributed by atoms with van der Waals surface area (Å²) in [6.07, 6.45) is 3.17. The maximum absolute atomic E-state index is 11.5. The molecule has 0 radical (unpaired) electrons. The summed E-state index contributed by atoms with van der Waals surface area (Å²) in [5, 5.41) is 2.72. The summed E-state index contributed by atoms with van der Waals surface area (Å²) < 4.78 is 5.51. The van der Waals surface area contributed by atoms with E-state index in [9.17, 15) is 4.79 Å². The zero-order valence-electron chi connectivity index (χ0n) is 7.79. The third kappa shape index (κ3) is 3.08. The van der Waals surface area contributed by atoms with Gasteiger partial charge in [-0.1, -0.05) is 0 Å². The van der Waals surface area contributed by atoms with Gasteiger partial charge in [-0.3, -0.25) is 9.78 Å². The van der Waals surface area contributed by atoms with E-state index in [1.165, 1.54) is 0 Å². The van der Waals surface area contributed by atoms with Crippen LogP contribution in [0.25, 0.3) is 0 Å². The molecule has 0 fully saturated rings. The standard InChI is InChI=1S/C9H11BrN2O2/c1-14-5-4-12-9(13)7-2-3-11-6-8(7)10/h2-3,6H,4-5H2,1H3,(H,12,13). The molecule has 4 nitrogen and oxygen atoms in total. The number of methoxy groups -OCH3 is 1. The number of aromatic nitrogens is 1. The van der Waals surface area contributed by atoms with Crippen molar-refractivity contribution in [1.29, 1.82) is 0 Å². The lowest BCUT2D eigenvalue weighted by Crippen LogP contribution is -2.27. The quantitative estimate of drug-likeness (QED) is 0.827. The van der Waals surface area contributed by atoms with Gasteiger partial charge in [-0.15, -0.1) is 0 Å². The van der Waals surface area contributed by atoms with E-state index in [2.05, 4.69) is 26.2 Å². The number of hydrogen-bond acceptors (Lipinski definition) is 3. The van der Waals surface area contributed by atoms with Gasteiger partial charge in [0.1, 0.15) is 0 Å². The summed E-state index contributed by atoms with van der Waals surface area (Å²) in [5.41, 5.74) is 0.580. The van der Waals surface area contributed by atoms with E-state index in [4.69, 9.17) is 4.74 Å². The summed E-state index contributed by atoms with van der Waals surface area (Å²) >= 11 is 3.25. The van der Waals surface area contributed by atoms with E-state index in [0.29, 0.717) is 23.2 Å². The van der Waals surface area contributed by atoms with Crippen LogP contribution in [0.5, 0.6) is 0 Å². The van der Waals surface area contributed by atoms with E-state index in [-0.39, 0.29) is 5.91 Å². The number of carbonyl (C=O) groups excluding carboxylic acids is 1. The first-order valence-electron chi connectivity index (χ1n) is 4.12. The van der Waals surface area contributed by atoms with E-state index in [1.54, 1.807) is 25.6 Å². The molecule has 0 bridgehead atoms. The minimum absolute atomic E-state index is 0.128. The van der Waals surface area contributed by atoms with Crippen molar-refractivity contribution in [2.75, 3.05) is 20.3 Å². The average molecular weight is 259 g/mol. The molecule has 0 aliphatic carbocycles. The van der Waals surface area contributed by atoms with Gasteiger partial charge in [-0.2, -0.15) is 0 Å². The smallest absolute Gasteiger partial charge is 0.252 e. The monoisotopic (exact) mass is 258 g/mol. The van der Waals surface area contributed by atoms with Crippen molar-refractivity contribution in [3.05, 3.63) is 28.5 Å². The highest BCUT2D eigenvalue weighted by atomic mass is 79.9. The van der Waals surface area contributed by atoms with Gasteiger partial charge in [-0.25, -0.2) is 0 Å². The van der Waals surface area contributed by atoms with Crippen molar-refractivity contribution in [1.82, 2.24) is 10.3 Å². The van der Waals surface area contributed by atoms with Crippen molar-refractivity contribution in [3.8, 4) is 0 Å². The molecule has 0 spiro atoms. The van der Waals surface area contributed by atoms with Crippen molar-refractivity contribution < 1.29 is 9.53 Å². The van der Waals surface area contributed by atoms with Crippen LogP contribution >= 0.6 is 15.9 Å². The third-order valence-corrected chi connectivity index (χ3v) is 2.24. The Morgan fingerprint density at radius 2 is 2.50 bits per heavy atom. The molecule has 1 N–H and O–H groups in total. The first kappa shape index (κ1) is 11.1. The molecule has 1 rings (SSSR count). The van der Waals surface area contributed by atoms with Gasteiger partial charge in [0, 0.05) is 30.5 Å². The number of nitrogens with zero attached hydrogens (tertiary/aromatic N) is 1. The van der Waals surface area contributed by atoms with E-state index in [1.807, 2.05) is 0 Å². The van der Waals surface area contributed by atoms with Gasteiger partial charge >= 0.3 is 0 Å². The van der Waals surface area contributed by atoms with Crippen LogP contribution in [-0.4, -0.2) is 31.2 Å². The molecule has 0 unspecified atom stereocenters. The van der Waals surface area contributed by atoms with Crippen molar-refractivity contribution in [2.45, 2.75) is 0 Å². The second-order valence-corrected chi connectivity index (χ2v) is 3.46. The molecule has 0 aliphatic rings. The molecule has 5 heteroatoms. The number of amides is 1. The first-order chi connectivity index (χ1) is 6.75. The number of halogens is 1. The topological polar surface area (TPSA) is 51.2 Å². The normalized spacial score (nSPS) is 9.86. The zero-order valence-corrected chi connectivity index (χ0v) is 9.37. The summed E-state index contributed by atoms with van der Waals surface area (Å²) in [7, 11) is 1.59. The van der Waals surface area contributed by atoms with Crippen LogP contribution in [0.15, 0.2) is 22.9 Å². The number of rotatable bonds is 4. The molecule has 0 aliphatic heterocycles. The largest absolute Gasteiger partial charge is 0.383 e. The lowest BCUT2D eigenvalue weighted by Gasteiger charge is -2.05. The summed E-state index contributed by atoms with van der Waals surface area (Å²) in [5.74, 6) is -0.128. The fraction of sp³-hybridized carbons (Fsp3) is 0.333. The van der Waals surface area contributed by atoms with Gasteiger partial charge in [0.2, 0.25) is 0 Å². The molecule has 1 heterocycles. The van der Waals surface area contributed by atoms with Crippen molar-refractivity contribution in [3.63, 3.8) is 0 Å². The predicted molar refractivity (Wildman–Crippen MR) is 56.1 cm³/mol. The first-order valence-corrected chi connectivity index (χ1v) is 4.91. The van der Waals surface area contributed by atoms with Gasteiger partial charge < -0.3 is 10.1 Å². The molecule has 1 aromatic heterocycles. The Morgan fingerprint density at radius 3 is 3.14 bits per heavy atom. The number of hydrogen-bond donors (Lipinski definition) is 1. The number of carbonyl (C=O) groups is 1. The lowest BCUT2D eigenvalue weighted by molar-refractivity contribution is 0.0936. The number of ether oxygens (including phenoxy) is 1. The lowest BCUT2D eigenvalue weighted by atomic mass is 10.2. The third-order valence-electron chi connectivity index (χ3n) is 1.61. The van der Waals surface area contributed by atoms with Crippen molar-refractivity contribution >= 4 is 21.8 Å². The van der Waals surface area contributed by atoms with Crippen LogP contribution in [0.4, 0.5) is 0 Å². The summed E-state index contributed by atoms with van der Waals surface area (Å²) in [4.78, 5) is 15.4. The van der Waals surface area contributed by atoms with Gasteiger partial charge in [0.25, 0.3) is 5.91 Å². The van der Waals surface area contributed by atoms with Crippen LogP contribution in [-0.2, 0) is 4.74 Å². The maximum atomic E-state index is 11.5. The molecular formula is C9H11BrN2O2.